The molecule has 2 aromatic heterocycles. The number of nitrogens with two attached hydrogens (primary N) is 1. The van der Waals surface area contributed by atoms with Gasteiger partial charge in [-0.3, -0.25) is 0 Å². The van der Waals surface area contributed by atoms with Crippen LogP contribution in [0, 0.1) is 0 Å². The first kappa shape index (κ1) is 13.9. The minimum Gasteiger partial charge on any atom is -0.383 e. The van der Waals surface area contributed by atoms with Crippen LogP contribution in [0.4, 0.5) is 5.82 Å². The molecule has 1 aromatic carbocycles. The predicted molar refractivity (Wildman–Crippen MR) is 88.5 cm³/mol. The minimum absolute atomic E-state index is 0.478. The van der Waals surface area contributed by atoms with Crippen LogP contribution in [0.5, 0.6) is 0 Å². The molecule has 3 aromatic rings. The quantitative estimate of drug-likeness (QED) is 0.710. The molecule has 0 radical (unpaired) electrons. The van der Waals surface area contributed by atoms with Crippen LogP contribution >= 0.6 is 0 Å². The maximum absolute atomic E-state index is 6.29. The lowest BCUT2D eigenvalue weighted by molar-refractivity contribution is 0.709. The van der Waals surface area contributed by atoms with Crippen molar-refractivity contribution >= 4 is 5.82 Å². The second kappa shape index (κ2) is 5.79. The summed E-state index contributed by atoms with van der Waals surface area (Å²) in [6.45, 7) is 0. The lowest BCUT2D eigenvalue weighted by atomic mass is 9.91. The topological polar surface area (TPSA) is 93.4 Å². The summed E-state index contributed by atoms with van der Waals surface area (Å²) >= 11 is 0. The molecule has 23 heavy (non-hydrogen) atoms. The zero-order chi connectivity index (χ0) is 15.6. The van der Waals surface area contributed by atoms with Gasteiger partial charge in [0.15, 0.2) is 0 Å². The molecule has 1 aliphatic rings. The number of benzene rings is 1. The van der Waals surface area contributed by atoms with Gasteiger partial charge in [0.2, 0.25) is 5.82 Å². The lowest BCUT2D eigenvalue weighted by Gasteiger charge is -2.17. The summed E-state index contributed by atoms with van der Waals surface area (Å²) < 4.78 is 0. The Bertz CT molecular complexity index is 811. The molecule has 4 rings (SSSR count). The Morgan fingerprint density at radius 3 is 2.57 bits per heavy atom. The largest absolute Gasteiger partial charge is 0.383 e. The highest BCUT2D eigenvalue weighted by Crippen LogP contribution is 2.39. The smallest absolute Gasteiger partial charge is 0.209 e. The average molecular weight is 306 g/mol. The molecule has 6 heteroatoms. The van der Waals surface area contributed by atoms with Gasteiger partial charge in [-0.15, -0.1) is 10.2 Å². The van der Waals surface area contributed by atoms with E-state index >= 15 is 0 Å². The molecule has 0 saturated carbocycles. The van der Waals surface area contributed by atoms with Crippen LogP contribution in [-0.4, -0.2) is 25.6 Å². The number of aryl methyl sites for hydroxylation is 1. The number of nitrogens with zero attached hydrogens (tertiary/aromatic N) is 4. The Hall–Kier alpha value is -2.76. The second-order valence-corrected chi connectivity index (χ2v) is 5.83. The molecule has 6 nitrogen and oxygen atoms in total. The van der Waals surface area contributed by atoms with Crippen molar-refractivity contribution in [3.63, 3.8) is 0 Å². The van der Waals surface area contributed by atoms with Gasteiger partial charge in [-0.1, -0.05) is 36.8 Å². The summed E-state index contributed by atoms with van der Waals surface area (Å²) in [5.74, 6) is 0.979. The number of nitrogen functional groups attached to an aromatic ring is 1. The van der Waals surface area contributed by atoms with E-state index in [1.54, 1.807) is 0 Å². The third kappa shape index (κ3) is 2.46. The van der Waals surface area contributed by atoms with Crippen LogP contribution in [-0.2, 0) is 12.8 Å². The van der Waals surface area contributed by atoms with E-state index in [9.17, 15) is 0 Å². The molecular weight excluding hydrogens is 288 g/mol. The molecule has 116 valence electrons. The van der Waals surface area contributed by atoms with E-state index in [0.29, 0.717) is 11.6 Å². The van der Waals surface area contributed by atoms with Crippen molar-refractivity contribution in [2.45, 2.75) is 32.1 Å². The predicted octanol–water partition coefficient (Wildman–Crippen LogP) is 2.78. The molecule has 0 amide bonds. The van der Waals surface area contributed by atoms with Gasteiger partial charge in [0.25, 0.3) is 0 Å². The van der Waals surface area contributed by atoms with Crippen LogP contribution in [0.1, 0.15) is 30.5 Å². The number of hydrogen-bond donors (Lipinski definition) is 2. The SMILES string of the molecule is Nc1nc2c(c(-c3ccccc3)c1-c1nn[nH]n1)CCCCC2. The molecule has 0 aliphatic heterocycles. The molecule has 0 saturated heterocycles. The molecule has 0 spiro atoms. The monoisotopic (exact) mass is 306 g/mol. The van der Waals surface area contributed by atoms with Gasteiger partial charge in [-0.25, -0.2) is 4.98 Å². The van der Waals surface area contributed by atoms with Gasteiger partial charge >= 0.3 is 0 Å². The Morgan fingerprint density at radius 2 is 1.78 bits per heavy atom. The maximum Gasteiger partial charge on any atom is 0.209 e. The highest BCUT2D eigenvalue weighted by Gasteiger charge is 2.23. The number of pyridine rings is 1. The van der Waals surface area contributed by atoms with Crippen LogP contribution in [0.15, 0.2) is 30.3 Å². The molecule has 3 N–H and O–H groups in total. The summed E-state index contributed by atoms with van der Waals surface area (Å²) in [6.07, 6.45) is 5.55. The minimum atomic E-state index is 0.478. The lowest BCUT2D eigenvalue weighted by Crippen LogP contribution is -2.07. The molecule has 0 atom stereocenters. The van der Waals surface area contributed by atoms with E-state index in [-0.39, 0.29) is 0 Å². The summed E-state index contributed by atoms with van der Waals surface area (Å²) in [5, 5.41) is 14.5. The van der Waals surface area contributed by atoms with Gasteiger partial charge < -0.3 is 5.73 Å². The average Bonchev–Trinajstić information content (AvgIpc) is 3.00. The van der Waals surface area contributed by atoms with Crippen molar-refractivity contribution in [2.75, 3.05) is 5.73 Å². The fourth-order valence-electron chi connectivity index (χ4n) is 3.36. The Morgan fingerprint density at radius 1 is 0.957 bits per heavy atom. The molecule has 0 bridgehead atoms. The number of aromatic amines is 1. The summed E-state index contributed by atoms with van der Waals surface area (Å²) in [4.78, 5) is 4.67. The molecule has 0 unspecified atom stereocenters. The number of rotatable bonds is 2. The van der Waals surface area contributed by atoms with Crippen molar-refractivity contribution < 1.29 is 0 Å². The highest BCUT2D eigenvalue weighted by atomic mass is 15.5. The number of tetrazole rings is 1. The first-order valence-corrected chi connectivity index (χ1v) is 7.95. The molecular formula is C17H18N6. The van der Waals surface area contributed by atoms with Crippen molar-refractivity contribution in [1.82, 2.24) is 25.6 Å². The second-order valence-electron chi connectivity index (χ2n) is 5.83. The van der Waals surface area contributed by atoms with Crippen LogP contribution < -0.4 is 5.73 Å². The van der Waals surface area contributed by atoms with E-state index in [1.807, 2.05) is 18.2 Å². The normalized spacial score (nSPS) is 14.3. The van der Waals surface area contributed by atoms with Gasteiger partial charge in [-0.05, 0) is 42.0 Å². The van der Waals surface area contributed by atoms with Crippen LogP contribution in [0.2, 0.25) is 0 Å². The number of nitrogens with one attached hydrogen (secondary N) is 1. The van der Waals surface area contributed by atoms with Crippen molar-refractivity contribution in [1.29, 1.82) is 0 Å². The molecule has 1 aliphatic carbocycles. The van der Waals surface area contributed by atoms with Crippen molar-refractivity contribution in [3.05, 3.63) is 41.6 Å². The van der Waals surface area contributed by atoms with Gasteiger partial charge in [0.05, 0.1) is 5.56 Å². The fraction of sp³-hybridized carbons (Fsp3) is 0.294. The van der Waals surface area contributed by atoms with Gasteiger partial charge in [-0.2, -0.15) is 5.21 Å². The summed E-state index contributed by atoms with van der Waals surface area (Å²) in [6, 6.07) is 10.3. The standard InChI is InChI=1S/C17H18N6/c18-16-15(17-20-22-23-21-17)14(11-7-3-1-4-8-11)12-9-5-2-6-10-13(12)19-16/h1,3-4,7-8H,2,5-6,9-10H2,(H2,18,19)(H,20,21,22,23). The van der Waals surface area contributed by atoms with Crippen molar-refractivity contribution in [3.8, 4) is 22.5 Å². The van der Waals surface area contributed by atoms with Gasteiger partial charge in [0, 0.05) is 11.3 Å². The Labute approximate surface area is 134 Å². The molecule has 2 heterocycles. The fourth-order valence-corrected chi connectivity index (χ4v) is 3.36. The van der Waals surface area contributed by atoms with E-state index in [2.05, 4.69) is 37.7 Å². The van der Waals surface area contributed by atoms with E-state index in [1.165, 1.54) is 18.4 Å². The number of H-pyrrole nitrogens is 1. The van der Waals surface area contributed by atoms with E-state index in [0.717, 1.165) is 41.6 Å². The zero-order valence-electron chi connectivity index (χ0n) is 12.8. The first-order chi connectivity index (χ1) is 11.3. The van der Waals surface area contributed by atoms with Crippen molar-refractivity contribution in [2.24, 2.45) is 0 Å². The third-order valence-corrected chi connectivity index (χ3v) is 4.38. The number of fused-ring (bicyclic) bond motifs is 1. The van der Waals surface area contributed by atoms with Crippen LogP contribution in [0.25, 0.3) is 22.5 Å². The number of aromatic nitrogens is 5. The summed E-state index contributed by atoms with van der Waals surface area (Å²) in [7, 11) is 0. The Kier molecular flexibility index (Phi) is 3.49. The van der Waals surface area contributed by atoms with Gasteiger partial charge in [0.1, 0.15) is 5.82 Å². The van der Waals surface area contributed by atoms with Crippen LogP contribution in [0.3, 0.4) is 0 Å². The molecule has 0 fully saturated rings. The number of hydrogen-bond acceptors (Lipinski definition) is 5. The summed E-state index contributed by atoms with van der Waals surface area (Å²) in [5.41, 5.74) is 11.7. The highest BCUT2D eigenvalue weighted by molar-refractivity contribution is 5.89. The van der Waals surface area contributed by atoms with E-state index < -0.39 is 0 Å². The Balaban J connectivity index is 2.04. The first-order valence-electron chi connectivity index (χ1n) is 7.95. The van der Waals surface area contributed by atoms with E-state index in [4.69, 9.17) is 5.73 Å². The zero-order valence-corrected chi connectivity index (χ0v) is 12.8. The third-order valence-electron chi connectivity index (χ3n) is 4.38. The number of anilines is 1. The maximum atomic E-state index is 6.29.